The highest BCUT2D eigenvalue weighted by molar-refractivity contribution is 5.69. The standard InChI is InChI=1S/C22H42O4/c1-21(19-24)20-26-22(25)17-15-13-11-9-7-5-3-2-4-6-8-10-12-14-16-18-23/h2-3,21,23-24H,4-20H2,1H3/b3-2-. The summed E-state index contributed by atoms with van der Waals surface area (Å²) in [6, 6.07) is 0. The van der Waals surface area contributed by atoms with Crippen molar-refractivity contribution in [2.24, 2.45) is 5.92 Å². The van der Waals surface area contributed by atoms with Gasteiger partial charge in [0.25, 0.3) is 0 Å². The predicted molar refractivity (Wildman–Crippen MR) is 108 cm³/mol. The molecular weight excluding hydrogens is 328 g/mol. The van der Waals surface area contributed by atoms with Gasteiger partial charge >= 0.3 is 5.97 Å². The third kappa shape index (κ3) is 19.5. The van der Waals surface area contributed by atoms with Gasteiger partial charge in [-0.3, -0.25) is 4.79 Å². The molecule has 0 aromatic rings. The lowest BCUT2D eigenvalue weighted by atomic mass is 10.1. The molecule has 0 saturated carbocycles. The molecule has 1 unspecified atom stereocenters. The van der Waals surface area contributed by atoms with Crippen molar-refractivity contribution in [2.75, 3.05) is 19.8 Å². The van der Waals surface area contributed by atoms with Crippen molar-refractivity contribution in [3.63, 3.8) is 0 Å². The molecule has 0 bridgehead atoms. The molecule has 0 rings (SSSR count). The van der Waals surface area contributed by atoms with E-state index in [-0.39, 0.29) is 18.5 Å². The number of carbonyl (C=O) groups is 1. The van der Waals surface area contributed by atoms with Crippen LogP contribution in [0.15, 0.2) is 12.2 Å². The molecule has 0 spiro atoms. The smallest absolute Gasteiger partial charge is 0.305 e. The zero-order chi connectivity index (χ0) is 19.3. The van der Waals surface area contributed by atoms with Crippen LogP contribution in [0, 0.1) is 5.92 Å². The van der Waals surface area contributed by atoms with E-state index < -0.39 is 0 Å². The van der Waals surface area contributed by atoms with Gasteiger partial charge in [0.2, 0.25) is 0 Å². The summed E-state index contributed by atoms with van der Waals surface area (Å²) in [5.41, 5.74) is 0. The van der Waals surface area contributed by atoms with E-state index in [1.807, 2.05) is 6.92 Å². The van der Waals surface area contributed by atoms with Gasteiger partial charge in [-0.05, 0) is 38.5 Å². The van der Waals surface area contributed by atoms with Crippen LogP contribution in [0.3, 0.4) is 0 Å². The van der Waals surface area contributed by atoms with Gasteiger partial charge < -0.3 is 14.9 Å². The maximum Gasteiger partial charge on any atom is 0.305 e. The highest BCUT2D eigenvalue weighted by Crippen LogP contribution is 2.10. The van der Waals surface area contributed by atoms with Crippen molar-refractivity contribution < 1.29 is 19.7 Å². The minimum absolute atomic E-state index is 0.0314. The summed E-state index contributed by atoms with van der Waals surface area (Å²) in [4.78, 5) is 11.5. The molecular formula is C22H42O4. The summed E-state index contributed by atoms with van der Waals surface area (Å²) in [5.74, 6) is -0.106. The molecule has 0 aromatic carbocycles. The van der Waals surface area contributed by atoms with Crippen LogP contribution < -0.4 is 0 Å². The first-order valence-corrected chi connectivity index (χ1v) is 10.7. The molecule has 0 radical (unpaired) electrons. The van der Waals surface area contributed by atoms with Gasteiger partial charge in [0.05, 0.1) is 6.61 Å². The minimum Gasteiger partial charge on any atom is -0.465 e. The Labute approximate surface area is 161 Å². The average molecular weight is 371 g/mol. The van der Waals surface area contributed by atoms with E-state index in [4.69, 9.17) is 14.9 Å². The molecule has 154 valence electrons. The van der Waals surface area contributed by atoms with Crippen molar-refractivity contribution in [1.82, 2.24) is 0 Å². The number of allylic oxidation sites excluding steroid dienone is 2. The van der Waals surface area contributed by atoms with Crippen LogP contribution in [-0.2, 0) is 9.53 Å². The normalized spacial score (nSPS) is 12.6. The summed E-state index contributed by atoms with van der Waals surface area (Å²) in [6.07, 6.45) is 20.4. The van der Waals surface area contributed by atoms with Crippen LogP contribution in [-0.4, -0.2) is 36.0 Å². The first-order valence-electron chi connectivity index (χ1n) is 10.7. The molecule has 2 N–H and O–H groups in total. The van der Waals surface area contributed by atoms with E-state index in [2.05, 4.69) is 12.2 Å². The molecule has 0 aliphatic carbocycles. The molecule has 0 aliphatic rings. The first-order chi connectivity index (χ1) is 12.7. The Bertz CT molecular complexity index is 328. The second-order valence-corrected chi connectivity index (χ2v) is 7.38. The summed E-state index contributed by atoms with van der Waals surface area (Å²) in [6.45, 7) is 2.58. The Morgan fingerprint density at radius 2 is 1.31 bits per heavy atom. The number of hydrogen-bond acceptors (Lipinski definition) is 4. The summed E-state index contributed by atoms with van der Waals surface area (Å²) in [5, 5.41) is 17.6. The van der Waals surface area contributed by atoms with Crippen molar-refractivity contribution in [1.29, 1.82) is 0 Å². The molecule has 26 heavy (non-hydrogen) atoms. The quantitative estimate of drug-likeness (QED) is 0.187. The SMILES string of the molecule is CC(CO)COC(=O)CCCCCCC/C=C\CCCCCCCCO. The Morgan fingerprint density at radius 3 is 1.85 bits per heavy atom. The first kappa shape index (κ1) is 25.1. The van der Waals surface area contributed by atoms with Crippen LogP contribution in [0.2, 0.25) is 0 Å². The van der Waals surface area contributed by atoms with Crippen molar-refractivity contribution >= 4 is 5.97 Å². The Hall–Kier alpha value is -0.870. The highest BCUT2D eigenvalue weighted by atomic mass is 16.5. The number of rotatable bonds is 19. The number of aliphatic hydroxyl groups excluding tert-OH is 2. The fraction of sp³-hybridized carbons (Fsp3) is 0.864. The molecule has 0 aliphatic heterocycles. The lowest BCUT2D eigenvalue weighted by molar-refractivity contribution is -0.145. The third-order valence-corrected chi connectivity index (χ3v) is 4.54. The molecule has 0 fully saturated rings. The minimum atomic E-state index is -0.137. The van der Waals surface area contributed by atoms with Crippen LogP contribution in [0.25, 0.3) is 0 Å². The van der Waals surface area contributed by atoms with Gasteiger partial charge in [-0.2, -0.15) is 0 Å². The van der Waals surface area contributed by atoms with Crippen LogP contribution in [0.1, 0.15) is 96.8 Å². The summed E-state index contributed by atoms with van der Waals surface area (Å²) >= 11 is 0. The van der Waals surface area contributed by atoms with Gasteiger partial charge in [0.1, 0.15) is 0 Å². The molecule has 4 heteroatoms. The number of hydrogen-bond donors (Lipinski definition) is 2. The summed E-state index contributed by atoms with van der Waals surface area (Å²) in [7, 11) is 0. The second kappa shape index (κ2) is 20.4. The Morgan fingerprint density at radius 1 is 0.808 bits per heavy atom. The van der Waals surface area contributed by atoms with E-state index >= 15 is 0 Å². The molecule has 1 atom stereocenters. The van der Waals surface area contributed by atoms with Gasteiger partial charge in [0, 0.05) is 25.6 Å². The molecule has 0 amide bonds. The zero-order valence-electron chi connectivity index (χ0n) is 17.0. The van der Waals surface area contributed by atoms with Crippen LogP contribution in [0.4, 0.5) is 0 Å². The lowest BCUT2D eigenvalue weighted by Crippen LogP contribution is -2.14. The monoisotopic (exact) mass is 370 g/mol. The highest BCUT2D eigenvalue weighted by Gasteiger charge is 2.06. The van der Waals surface area contributed by atoms with Gasteiger partial charge in [-0.1, -0.05) is 64.0 Å². The van der Waals surface area contributed by atoms with Crippen molar-refractivity contribution in [3.05, 3.63) is 12.2 Å². The van der Waals surface area contributed by atoms with Crippen molar-refractivity contribution in [2.45, 2.75) is 96.8 Å². The third-order valence-electron chi connectivity index (χ3n) is 4.54. The largest absolute Gasteiger partial charge is 0.465 e. The number of carbonyl (C=O) groups excluding carboxylic acids is 1. The van der Waals surface area contributed by atoms with E-state index in [9.17, 15) is 4.79 Å². The number of aliphatic hydroxyl groups is 2. The van der Waals surface area contributed by atoms with Crippen molar-refractivity contribution in [3.8, 4) is 0 Å². The maximum absolute atomic E-state index is 11.5. The van der Waals surface area contributed by atoms with Crippen LogP contribution in [0.5, 0.6) is 0 Å². The fourth-order valence-electron chi connectivity index (χ4n) is 2.74. The van der Waals surface area contributed by atoms with E-state index in [1.54, 1.807) is 0 Å². The maximum atomic E-state index is 11.5. The average Bonchev–Trinajstić information content (AvgIpc) is 2.65. The summed E-state index contributed by atoms with van der Waals surface area (Å²) < 4.78 is 5.10. The predicted octanol–water partition coefficient (Wildman–Crippen LogP) is 5.17. The van der Waals surface area contributed by atoms with E-state index in [1.165, 1.54) is 51.4 Å². The second-order valence-electron chi connectivity index (χ2n) is 7.38. The number of unbranched alkanes of at least 4 members (excludes halogenated alkanes) is 11. The molecule has 0 heterocycles. The molecule has 0 saturated heterocycles. The molecule has 0 aromatic heterocycles. The Balaban J connectivity index is 3.22. The van der Waals surface area contributed by atoms with Gasteiger partial charge in [-0.15, -0.1) is 0 Å². The van der Waals surface area contributed by atoms with Crippen LogP contribution >= 0.6 is 0 Å². The number of ether oxygens (including phenoxy) is 1. The number of esters is 1. The van der Waals surface area contributed by atoms with Gasteiger partial charge in [0.15, 0.2) is 0 Å². The fourth-order valence-corrected chi connectivity index (χ4v) is 2.74. The van der Waals surface area contributed by atoms with E-state index in [0.717, 1.165) is 32.1 Å². The molecule has 4 nitrogen and oxygen atoms in total. The van der Waals surface area contributed by atoms with E-state index in [0.29, 0.717) is 19.6 Å². The van der Waals surface area contributed by atoms with Gasteiger partial charge in [-0.25, -0.2) is 0 Å². The zero-order valence-corrected chi connectivity index (χ0v) is 17.0. The topological polar surface area (TPSA) is 66.8 Å². The lowest BCUT2D eigenvalue weighted by Gasteiger charge is -2.08. The Kier molecular flexibility index (Phi) is 19.8.